The number of hydrogen-bond acceptors (Lipinski definition) is 2. The van der Waals surface area contributed by atoms with E-state index < -0.39 is 0 Å². The van der Waals surface area contributed by atoms with E-state index in [-0.39, 0.29) is 16.9 Å². The highest BCUT2D eigenvalue weighted by atomic mass is 35.5. The van der Waals surface area contributed by atoms with Crippen LogP contribution in [0.2, 0.25) is 5.02 Å². The molecule has 1 aromatic carbocycles. The Labute approximate surface area is 130 Å². The van der Waals surface area contributed by atoms with E-state index in [1.54, 1.807) is 24.4 Å². The van der Waals surface area contributed by atoms with Gasteiger partial charge in [-0.25, -0.2) is 9.37 Å². The summed E-state index contributed by atoms with van der Waals surface area (Å²) in [6.07, 6.45) is 5.44. The number of imidazole rings is 1. The number of halogens is 2. The van der Waals surface area contributed by atoms with Crippen LogP contribution in [0.1, 0.15) is 37.7 Å². The standard InChI is InChI=1S/C16H21ClFN3/c1-3-9-21-10-8-20-15(21)11-14(19-4-2)12-6-5-7-13(17)16(12)18/h5-8,10,14,19H,3-4,9,11H2,1-2H3. The molecule has 0 amide bonds. The Kier molecular flexibility index (Phi) is 5.76. The van der Waals surface area contributed by atoms with Crippen LogP contribution in [0.25, 0.3) is 0 Å². The summed E-state index contributed by atoms with van der Waals surface area (Å²) in [6.45, 7) is 5.81. The van der Waals surface area contributed by atoms with E-state index >= 15 is 0 Å². The molecule has 0 saturated carbocycles. The molecule has 0 aliphatic carbocycles. The van der Waals surface area contributed by atoms with Gasteiger partial charge in [0, 0.05) is 37.0 Å². The predicted octanol–water partition coefficient (Wildman–Crippen LogP) is 3.98. The molecule has 0 saturated heterocycles. The number of hydrogen-bond donors (Lipinski definition) is 1. The van der Waals surface area contributed by atoms with Gasteiger partial charge in [-0.05, 0) is 19.0 Å². The molecule has 1 aromatic heterocycles. The van der Waals surface area contributed by atoms with Gasteiger partial charge in [0.05, 0.1) is 5.02 Å². The van der Waals surface area contributed by atoms with Crippen molar-refractivity contribution in [1.82, 2.24) is 14.9 Å². The zero-order valence-electron chi connectivity index (χ0n) is 12.4. The summed E-state index contributed by atoms with van der Waals surface area (Å²) < 4.78 is 16.4. The third kappa shape index (κ3) is 3.83. The second kappa shape index (κ2) is 7.57. The molecular weight excluding hydrogens is 289 g/mol. The van der Waals surface area contributed by atoms with Crippen LogP contribution in [0.4, 0.5) is 4.39 Å². The molecule has 5 heteroatoms. The molecule has 1 unspecified atom stereocenters. The molecule has 114 valence electrons. The lowest BCUT2D eigenvalue weighted by Crippen LogP contribution is -2.25. The molecule has 2 rings (SSSR count). The lowest BCUT2D eigenvalue weighted by Gasteiger charge is -2.20. The number of nitrogens with one attached hydrogen (secondary N) is 1. The molecule has 0 spiro atoms. The van der Waals surface area contributed by atoms with Gasteiger partial charge < -0.3 is 9.88 Å². The zero-order chi connectivity index (χ0) is 15.2. The van der Waals surface area contributed by atoms with E-state index in [1.165, 1.54) is 0 Å². The molecule has 0 bridgehead atoms. The minimum absolute atomic E-state index is 0.133. The summed E-state index contributed by atoms with van der Waals surface area (Å²) in [5.74, 6) is 0.612. The van der Waals surface area contributed by atoms with E-state index in [4.69, 9.17) is 11.6 Å². The van der Waals surface area contributed by atoms with Gasteiger partial charge in [-0.3, -0.25) is 0 Å². The molecule has 1 heterocycles. The van der Waals surface area contributed by atoms with Gasteiger partial charge in [-0.1, -0.05) is 37.6 Å². The molecule has 1 atom stereocenters. The van der Waals surface area contributed by atoms with Crippen molar-refractivity contribution in [3.8, 4) is 0 Å². The molecule has 0 fully saturated rings. The van der Waals surface area contributed by atoms with Crippen molar-refractivity contribution in [1.29, 1.82) is 0 Å². The minimum Gasteiger partial charge on any atom is -0.335 e. The number of likely N-dealkylation sites (N-methyl/N-ethyl adjacent to an activating group) is 1. The van der Waals surface area contributed by atoms with Gasteiger partial charge in [0.15, 0.2) is 0 Å². The van der Waals surface area contributed by atoms with Gasteiger partial charge >= 0.3 is 0 Å². The molecule has 0 aliphatic rings. The molecule has 3 nitrogen and oxygen atoms in total. The smallest absolute Gasteiger partial charge is 0.146 e. The lowest BCUT2D eigenvalue weighted by molar-refractivity contribution is 0.489. The first-order valence-corrected chi connectivity index (χ1v) is 7.72. The average molecular weight is 310 g/mol. The minimum atomic E-state index is -0.348. The van der Waals surface area contributed by atoms with Crippen LogP contribution in [0.5, 0.6) is 0 Å². The summed E-state index contributed by atoms with van der Waals surface area (Å²) in [6, 6.07) is 5.00. The van der Waals surface area contributed by atoms with Crippen molar-refractivity contribution in [3.05, 3.63) is 52.8 Å². The lowest BCUT2D eigenvalue weighted by atomic mass is 10.0. The van der Waals surface area contributed by atoms with Crippen molar-refractivity contribution in [2.75, 3.05) is 6.54 Å². The summed E-state index contributed by atoms with van der Waals surface area (Å²) in [5.41, 5.74) is 0.593. The highest BCUT2D eigenvalue weighted by Crippen LogP contribution is 2.25. The van der Waals surface area contributed by atoms with Crippen LogP contribution < -0.4 is 5.32 Å². The fourth-order valence-corrected chi connectivity index (χ4v) is 2.67. The van der Waals surface area contributed by atoms with Crippen LogP contribution in [0.15, 0.2) is 30.6 Å². The van der Waals surface area contributed by atoms with Crippen LogP contribution in [-0.4, -0.2) is 16.1 Å². The molecule has 21 heavy (non-hydrogen) atoms. The Morgan fingerprint density at radius 1 is 1.38 bits per heavy atom. The number of rotatable bonds is 7. The van der Waals surface area contributed by atoms with Crippen LogP contribution in [0.3, 0.4) is 0 Å². The largest absolute Gasteiger partial charge is 0.335 e. The fraction of sp³-hybridized carbons (Fsp3) is 0.438. The monoisotopic (exact) mass is 309 g/mol. The van der Waals surface area contributed by atoms with Gasteiger partial charge in [0.1, 0.15) is 11.6 Å². The Morgan fingerprint density at radius 2 is 2.19 bits per heavy atom. The van der Waals surface area contributed by atoms with E-state index in [0.717, 1.165) is 25.3 Å². The van der Waals surface area contributed by atoms with Gasteiger partial charge in [-0.15, -0.1) is 0 Å². The first kappa shape index (κ1) is 16.0. The highest BCUT2D eigenvalue weighted by molar-refractivity contribution is 6.30. The van der Waals surface area contributed by atoms with Crippen molar-refractivity contribution in [2.24, 2.45) is 0 Å². The molecular formula is C16H21ClFN3. The van der Waals surface area contributed by atoms with Gasteiger partial charge in [0.2, 0.25) is 0 Å². The summed E-state index contributed by atoms with van der Waals surface area (Å²) in [7, 11) is 0. The van der Waals surface area contributed by atoms with E-state index in [1.807, 2.05) is 13.1 Å². The normalized spacial score (nSPS) is 12.6. The summed E-state index contributed by atoms with van der Waals surface area (Å²) in [5, 5.41) is 3.48. The Bertz CT molecular complexity index is 583. The predicted molar refractivity (Wildman–Crippen MR) is 84.0 cm³/mol. The Hall–Kier alpha value is -1.39. The Balaban J connectivity index is 2.26. The Morgan fingerprint density at radius 3 is 2.90 bits per heavy atom. The molecule has 2 aromatic rings. The quantitative estimate of drug-likeness (QED) is 0.838. The maximum atomic E-state index is 14.3. The molecule has 0 radical (unpaired) electrons. The third-order valence-electron chi connectivity index (χ3n) is 3.46. The van der Waals surface area contributed by atoms with E-state index in [2.05, 4.69) is 21.8 Å². The van der Waals surface area contributed by atoms with Crippen LogP contribution >= 0.6 is 11.6 Å². The van der Waals surface area contributed by atoms with Crippen molar-refractivity contribution < 1.29 is 4.39 Å². The van der Waals surface area contributed by atoms with Gasteiger partial charge in [-0.2, -0.15) is 0 Å². The number of aryl methyl sites for hydroxylation is 1. The summed E-state index contributed by atoms with van der Waals surface area (Å²) in [4.78, 5) is 4.40. The molecule has 0 aliphatic heterocycles. The van der Waals surface area contributed by atoms with E-state index in [9.17, 15) is 4.39 Å². The third-order valence-corrected chi connectivity index (χ3v) is 3.75. The fourth-order valence-electron chi connectivity index (χ4n) is 2.49. The van der Waals surface area contributed by atoms with Crippen molar-refractivity contribution in [2.45, 2.75) is 39.3 Å². The van der Waals surface area contributed by atoms with Crippen molar-refractivity contribution >= 4 is 11.6 Å². The second-order valence-corrected chi connectivity index (χ2v) is 5.40. The van der Waals surface area contributed by atoms with Crippen molar-refractivity contribution in [3.63, 3.8) is 0 Å². The molecule has 1 N–H and O–H groups in total. The second-order valence-electron chi connectivity index (χ2n) is 4.99. The number of benzene rings is 1. The summed E-state index contributed by atoms with van der Waals surface area (Å²) >= 11 is 5.90. The van der Waals surface area contributed by atoms with Crippen LogP contribution in [-0.2, 0) is 13.0 Å². The maximum absolute atomic E-state index is 14.3. The topological polar surface area (TPSA) is 29.9 Å². The number of nitrogens with zero attached hydrogens (tertiary/aromatic N) is 2. The van der Waals surface area contributed by atoms with Gasteiger partial charge in [0.25, 0.3) is 0 Å². The average Bonchev–Trinajstić information content (AvgIpc) is 2.89. The van der Waals surface area contributed by atoms with Crippen LogP contribution in [0, 0.1) is 5.82 Å². The first-order chi connectivity index (χ1) is 10.2. The first-order valence-electron chi connectivity index (χ1n) is 7.34. The number of aromatic nitrogens is 2. The van der Waals surface area contributed by atoms with E-state index in [0.29, 0.717) is 12.0 Å². The zero-order valence-corrected chi connectivity index (χ0v) is 13.2. The maximum Gasteiger partial charge on any atom is 0.146 e. The SMILES string of the molecule is CCCn1ccnc1CC(NCC)c1cccc(Cl)c1F. The highest BCUT2D eigenvalue weighted by Gasteiger charge is 2.19.